The summed E-state index contributed by atoms with van der Waals surface area (Å²) in [6, 6.07) is 0. The first-order valence-electron chi connectivity index (χ1n) is 7.23. The van der Waals surface area contributed by atoms with Crippen LogP contribution in [0.3, 0.4) is 0 Å². The Labute approximate surface area is 138 Å². The Morgan fingerprint density at radius 3 is 2.57 bits per heavy atom. The topological polar surface area (TPSA) is 93.8 Å². The van der Waals surface area contributed by atoms with Crippen molar-refractivity contribution in [1.29, 1.82) is 0 Å². The van der Waals surface area contributed by atoms with Crippen LogP contribution in [0.5, 0.6) is 0 Å². The van der Waals surface area contributed by atoms with Crippen LogP contribution >= 0.6 is 11.6 Å². The molecule has 0 aliphatic rings. The van der Waals surface area contributed by atoms with Crippen LogP contribution in [0.4, 0.5) is 5.69 Å². The lowest BCUT2D eigenvalue weighted by molar-refractivity contribution is -0.116. The number of rotatable bonds is 6. The molecular formula is C14H19ClN6O2. The van der Waals surface area contributed by atoms with E-state index >= 15 is 0 Å². The number of halogens is 1. The Morgan fingerprint density at radius 2 is 2.00 bits per heavy atom. The Morgan fingerprint density at radius 1 is 1.26 bits per heavy atom. The van der Waals surface area contributed by atoms with Crippen molar-refractivity contribution in [2.75, 3.05) is 12.4 Å². The van der Waals surface area contributed by atoms with Gasteiger partial charge in [0, 0.05) is 39.0 Å². The van der Waals surface area contributed by atoms with Crippen LogP contribution in [0.25, 0.3) is 0 Å². The quantitative estimate of drug-likeness (QED) is 0.833. The highest BCUT2D eigenvalue weighted by Gasteiger charge is 2.17. The number of nitrogens with one attached hydrogen (secondary N) is 2. The molecule has 0 unspecified atom stereocenters. The van der Waals surface area contributed by atoms with E-state index < -0.39 is 0 Å². The SMILES string of the molecule is CCn1cc(NC(=O)CCn2cc(Cl)c(C)n2)c(C(=O)NC)n1. The number of nitrogens with zero attached hydrogens (tertiary/aromatic N) is 4. The molecule has 2 heterocycles. The minimum atomic E-state index is -0.345. The van der Waals surface area contributed by atoms with Gasteiger partial charge >= 0.3 is 0 Å². The zero-order valence-electron chi connectivity index (χ0n) is 13.3. The Kier molecular flexibility index (Phi) is 5.38. The Balaban J connectivity index is 2.02. The van der Waals surface area contributed by atoms with Crippen LogP contribution in [0, 0.1) is 6.92 Å². The number of aryl methyl sites for hydroxylation is 3. The van der Waals surface area contributed by atoms with Crippen molar-refractivity contribution in [2.24, 2.45) is 0 Å². The summed E-state index contributed by atoms with van der Waals surface area (Å²) in [5.74, 6) is -0.572. The first-order valence-corrected chi connectivity index (χ1v) is 7.61. The minimum Gasteiger partial charge on any atom is -0.354 e. The smallest absolute Gasteiger partial charge is 0.273 e. The van der Waals surface area contributed by atoms with Crippen molar-refractivity contribution < 1.29 is 9.59 Å². The highest BCUT2D eigenvalue weighted by Crippen LogP contribution is 2.15. The second kappa shape index (κ2) is 7.28. The van der Waals surface area contributed by atoms with Crippen molar-refractivity contribution in [1.82, 2.24) is 24.9 Å². The molecule has 0 bridgehead atoms. The van der Waals surface area contributed by atoms with E-state index in [2.05, 4.69) is 20.8 Å². The van der Waals surface area contributed by atoms with Gasteiger partial charge in [-0.1, -0.05) is 11.6 Å². The second-order valence-electron chi connectivity index (χ2n) is 4.95. The number of carbonyl (C=O) groups is 2. The largest absolute Gasteiger partial charge is 0.354 e. The van der Waals surface area contributed by atoms with Gasteiger partial charge in [-0.05, 0) is 13.8 Å². The second-order valence-corrected chi connectivity index (χ2v) is 5.36. The van der Waals surface area contributed by atoms with Crippen molar-refractivity contribution in [3.05, 3.63) is 28.8 Å². The number of aromatic nitrogens is 4. The molecule has 0 fully saturated rings. The normalized spacial score (nSPS) is 10.6. The van der Waals surface area contributed by atoms with Gasteiger partial charge in [-0.15, -0.1) is 0 Å². The van der Waals surface area contributed by atoms with Crippen molar-refractivity contribution in [3.8, 4) is 0 Å². The number of carbonyl (C=O) groups excluding carboxylic acids is 2. The Hall–Kier alpha value is -2.35. The summed E-state index contributed by atoms with van der Waals surface area (Å²) >= 11 is 5.93. The van der Waals surface area contributed by atoms with Crippen LogP contribution < -0.4 is 10.6 Å². The fourth-order valence-electron chi connectivity index (χ4n) is 2.00. The molecular weight excluding hydrogens is 320 g/mol. The van der Waals surface area contributed by atoms with Gasteiger partial charge in [-0.2, -0.15) is 10.2 Å². The average Bonchev–Trinajstić information content (AvgIpc) is 3.08. The first-order chi connectivity index (χ1) is 10.9. The summed E-state index contributed by atoms with van der Waals surface area (Å²) < 4.78 is 3.21. The maximum absolute atomic E-state index is 12.1. The molecule has 0 atom stereocenters. The van der Waals surface area contributed by atoms with Gasteiger partial charge in [0.05, 0.1) is 16.4 Å². The van der Waals surface area contributed by atoms with E-state index in [9.17, 15) is 9.59 Å². The van der Waals surface area contributed by atoms with Gasteiger partial charge in [0.2, 0.25) is 5.91 Å². The third-order valence-corrected chi connectivity index (χ3v) is 3.63. The molecule has 2 aromatic rings. The van der Waals surface area contributed by atoms with Gasteiger partial charge in [0.25, 0.3) is 5.91 Å². The van der Waals surface area contributed by atoms with E-state index in [-0.39, 0.29) is 23.9 Å². The molecule has 0 saturated heterocycles. The lowest BCUT2D eigenvalue weighted by Crippen LogP contribution is -2.22. The van der Waals surface area contributed by atoms with E-state index in [1.807, 2.05) is 6.92 Å². The molecule has 2 aromatic heterocycles. The predicted molar refractivity (Wildman–Crippen MR) is 86.5 cm³/mol. The predicted octanol–water partition coefficient (Wildman–Crippen LogP) is 1.45. The van der Waals surface area contributed by atoms with Crippen LogP contribution in [0.2, 0.25) is 5.02 Å². The Bertz CT molecular complexity index is 701. The van der Waals surface area contributed by atoms with E-state index in [0.29, 0.717) is 23.8 Å². The molecule has 9 heteroatoms. The van der Waals surface area contributed by atoms with E-state index in [4.69, 9.17) is 11.6 Å². The fraction of sp³-hybridized carbons (Fsp3) is 0.429. The summed E-state index contributed by atoms with van der Waals surface area (Å²) in [7, 11) is 1.52. The highest BCUT2D eigenvalue weighted by atomic mass is 35.5. The monoisotopic (exact) mass is 338 g/mol. The highest BCUT2D eigenvalue weighted by molar-refractivity contribution is 6.31. The van der Waals surface area contributed by atoms with Gasteiger partial charge in [-0.3, -0.25) is 19.0 Å². The minimum absolute atomic E-state index is 0.195. The van der Waals surface area contributed by atoms with Crippen LogP contribution in [0.1, 0.15) is 29.5 Å². The molecule has 0 aliphatic carbocycles. The third kappa shape index (κ3) is 4.10. The lowest BCUT2D eigenvalue weighted by atomic mass is 10.3. The summed E-state index contributed by atoms with van der Waals surface area (Å²) in [5.41, 5.74) is 1.31. The molecule has 23 heavy (non-hydrogen) atoms. The average molecular weight is 339 g/mol. The first kappa shape index (κ1) is 17.0. The molecule has 2 rings (SSSR count). The molecule has 2 N–H and O–H groups in total. The van der Waals surface area contributed by atoms with Gasteiger partial charge < -0.3 is 10.6 Å². The molecule has 124 valence electrons. The molecule has 0 saturated carbocycles. The third-order valence-electron chi connectivity index (χ3n) is 3.26. The maximum atomic E-state index is 12.1. The molecule has 0 aliphatic heterocycles. The number of amides is 2. The molecule has 0 aromatic carbocycles. The number of hydrogen-bond donors (Lipinski definition) is 2. The van der Waals surface area contributed by atoms with E-state index in [0.717, 1.165) is 5.69 Å². The standard InChI is InChI=1S/C14H19ClN6O2/c1-4-20-8-11(13(19-20)14(23)16-3)17-12(22)5-6-21-7-10(15)9(2)18-21/h7-8H,4-6H2,1-3H3,(H,16,23)(H,17,22). The van der Waals surface area contributed by atoms with Crippen molar-refractivity contribution >= 4 is 29.1 Å². The van der Waals surface area contributed by atoms with E-state index in [1.165, 1.54) is 7.05 Å². The number of anilines is 1. The van der Waals surface area contributed by atoms with Crippen molar-refractivity contribution in [3.63, 3.8) is 0 Å². The van der Waals surface area contributed by atoms with Crippen LogP contribution in [-0.2, 0) is 17.9 Å². The summed E-state index contributed by atoms with van der Waals surface area (Å²) in [4.78, 5) is 23.9. The summed E-state index contributed by atoms with van der Waals surface area (Å²) in [6.45, 7) is 4.70. The molecule has 8 nitrogen and oxygen atoms in total. The lowest BCUT2D eigenvalue weighted by Gasteiger charge is -2.05. The van der Waals surface area contributed by atoms with Gasteiger partial charge in [0.15, 0.2) is 5.69 Å². The molecule has 0 spiro atoms. The zero-order valence-corrected chi connectivity index (χ0v) is 14.0. The van der Waals surface area contributed by atoms with Crippen LogP contribution in [0.15, 0.2) is 12.4 Å². The molecule has 0 radical (unpaired) electrons. The molecule has 2 amide bonds. The maximum Gasteiger partial charge on any atom is 0.273 e. The van der Waals surface area contributed by atoms with Crippen LogP contribution in [-0.4, -0.2) is 38.4 Å². The number of hydrogen-bond acceptors (Lipinski definition) is 4. The fourth-order valence-corrected chi connectivity index (χ4v) is 2.15. The summed E-state index contributed by atoms with van der Waals surface area (Å²) in [5, 5.41) is 14.1. The van der Waals surface area contributed by atoms with E-state index in [1.54, 1.807) is 28.7 Å². The van der Waals surface area contributed by atoms with Crippen molar-refractivity contribution in [2.45, 2.75) is 33.4 Å². The van der Waals surface area contributed by atoms with Gasteiger partial charge in [-0.25, -0.2) is 0 Å². The summed E-state index contributed by atoms with van der Waals surface area (Å²) in [6.07, 6.45) is 3.52. The zero-order chi connectivity index (χ0) is 17.0. The van der Waals surface area contributed by atoms with Gasteiger partial charge in [0.1, 0.15) is 0 Å².